The van der Waals surface area contributed by atoms with E-state index in [2.05, 4.69) is 4.98 Å². The molecule has 0 aliphatic carbocycles. The average molecular weight is 416 g/mol. The van der Waals surface area contributed by atoms with Crippen molar-refractivity contribution in [1.82, 2.24) is 9.55 Å². The number of hydrogen-bond acceptors (Lipinski definition) is 5. The van der Waals surface area contributed by atoms with Crippen molar-refractivity contribution in [1.29, 1.82) is 0 Å². The van der Waals surface area contributed by atoms with Gasteiger partial charge in [0.2, 0.25) is 0 Å². The Morgan fingerprint density at radius 3 is 2.61 bits per heavy atom. The summed E-state index contributed by atoms with van der Waals surface area (Å²) in [7, 11) is 3.12. The summed E-state index contributed by atoms with van der Waals surface area (Å²) >= 11 is 0. The summed E-state index contributed by atoms with van der Waals surface area (Å²) in [5, 5.41) is 0. The maximum Gasteiger partial charge on any atom is 0.330 e. The summed E-state index contributed by atoms with van der Waals surface area (Å²) in [4.78, 5) is 27.8. The fraction of sp³-hybridized carbons (Fsp3) is 0.0833. The number of furan rings is 1. The first-order valence-corrected chi connectivity index (χ1v) is 9.49. The highest BCUT2D eigenvalue weighted by atomic mass is 16.5. The number of aromatic amines is 1. The molecule has 0 radical (unpaired) electrons. The quantitative estimate of drug-likeness (QED) is 0.358. The number of nitrogens with one attached hydrogen (secondary N) is 1. The number of ketones is 1. The molecule has 0 aliphatic heterocycles. The highest BCUT2D eigenvalue weighted by Crippen LogP contribution is 2.28. The molecule has 4 rings (SSSR count). The molecular weight excluding hydrogens is 396 g/mol. The Morgan fingerprint density at radius 1 is 1.03 bits per heavy atom. The van der Waals surface area contributed by atoms with Gasteiger partial charge in [0.1, 0.15) is 5.69 Å². The lowest BCUT2D eigenvalue weighted by Crippen LogP contribution is -2.14. The number of aromatic nitrogens is 2. The minimum absolute atomic E-state index is 0.188. The second-order valence-corrected chi connectivity index (χ2v) is 6.68. The summed E-state index contributed by atoms with van der Waals surface area (Å²) < 4.78 is 17.3. The zero-order chi connectivity index (χ0) is 21.8. The third-order valence-corrected chi connectivity index (χ3v) is 4.75. The Morgan fingerprint density at radius 2 is 1.87 bits per heavy atom. The second-order valence-electron chi connectivity index (χ2n) is 6.68. The Balaban J connectivity index is 1.58. The van der Waals surface area contributed by atoms with E-state index >= 15 is 0 Å². The zero-order valence-electron chi connectivity index (χ0n) is 17.0. The minimum Gasteiger partial charge on any atom is -0.493 e. The number of methoxy groups -OCH3 is 2. The van der Waals surface area contributed by atoms with Crippen LogP contribution in [0.2, 0.25) is 0 Å². The number of allylic oxidation sites excluding steroid dienone is 1. The monoisotopic (exact) mass is 416 g/mol. The Hall–Kier alpha value is -4.26. The predicted octanol–water partition coefficient (Wildman–Crippen LogP) is 4.34. The molecule has 2 aromatic carbocycles. The predicted molar refractivity (Wildman–Crippen MR) is 117 cm³/mol. The molecule has 4 aromatic rings. The first-order valence-electron chi connectivity index (χ1n) is 9.49. The number of nitrogens with zero attached hydrogens (tertiary/aromatic N) is 1. The number of hydrogen-bond donors (Lipinski definition) is 1. The van der Waals surface area contributed by atoms with E-state index < -0.39 is 0 Å². The molecule has 0 atom stereocenters. The molecule has 2 heterocycles. The van der Waals surface area contributed by atoms with Gasteiger partial charge in [0.25, 0.3) is 0 Å². The largest absolute Gasteiger partial charge is 0.493 e. The molecular formula is C24H20N2O5. The van der Waals surface area contributed by atoms with E-state index in [0.717, 1.165) is 5.56 Å². The number of carbonyl (C=O) groups is 1. The number of rotatable bonds is 7. The lowest BCUT2D eigenvalue weighted by Gasteiger charge is -2.07. The van der Waals surface area contributed by atoms with Gasteiger partial charge in [-0.05, 0) is 48.0 Å². The SMILES string of the molecule is COc1ccc(/C=C/C(=O)c2cccc(-n3cc(-c4ccco4)[nH]c3=O)c2)cc1OC. The van der Waals surface area contributed by atoms with Crippen LogP contribution in [0.15, 0.2) is 82.3 Å². The van der Waals surface area contributed by atoms with Crippen LogP contribution < -0.4 is 15.2 Å². The van der Waals surface area contributed by atoms with Gasteiger partial charge in [-0.25, -0.2) is 4.79 Å². The normalized spacial score (nSPS) is 11.0. The van der Waals surface area contributed by atoms with Crippen molar-refractivity contribution in [3.63, 3.8) is 0 Å². The van der Waals surface area contributed by atoms with Gasteiger partial charge in [-0.1, -0.05) is 24.3 Å². The van der Waals surface area contributed by atoms with Gasteiger partial charge in [-0.3, -0.25) is 9.36 Å². The first kappa shape index (κ1) is 20.0. The number of imidazole rings is 1. The molecule has 7 heteroatoms. The van der Waals surface area contributed by atoms with Gasteiger partial charge in [0, 0.05) is 11.8 Å². The molecule has 0 fully saturated rings. The number of ether oxygens (including phenoxy) is 2. The highest BCUT2D eigenvalue weighted by Gasteiger charge is 2.11. The number of H-pyrrole nitrogens is 1. The molecule has 0 unspecified atom stereocenters. The summed E-state index contributed by atoms with van der Waals surface area (Å²) in [6.07, 6.45) is 6.36. The molecule has 1 N–H and O–H groups in total. The van der Waals surface area contributed by atoms with E-state index in [-0.39, 0.29) is 11.5 Å². The van der Waals surface area contributed by atoms with Crippen LogP contribution in [0.1, 0.15) is 15.9 Å². The zero-order valence-corrected chi connectivity index (χ0v) is 17.0. The van der Waals surface area contributed by atoms with Crippen LogP contribution in [-0.2, 0) is 0 Å². The smallest absolute Gasteiger partial charge is 0.330 e. The Bertz CT molecular complexity index is 1300. The van der Waals surface area contributed by atoms with Crippen molar-refractivity contribution in [2.45, 2.75) is 0 Å². The standard InChI is InChI=1S/C24H20N2O5/c1-29-22-11-9-16(13-23(22)30-2)8-10-20(27)17-5-3-6-18(14-17)26-15-19(25-24(26)28)21-7-4-12-31-21/h3-15H,1-2H3,(H,25,28)/b10-8+. The van der Waals surface area contributed by atoms with Gasteiger partial charge in [-0.2, -0.15) is 0 Å². The molecule has 2 aromatic heterocycles. The summed E-state index contributed by atoms with van der Waals surface area (Å²) in [5.41, 5.74) is 2.07. The topological polar surface area (TPSA) is 86.5 Å². The molecule has 0 saturated heterocycles. The van der Waals surface area contributed by atoms with E-state index in [9.17, 15) is 9.59 Å². The molecule has 7 nitrogen and oxygen atoms in total. The molecule has 31 heavy (non-hydrogen) atoms. The number of benzene rings is 2. The van der Waals surface area contributed by atoms with Crippen LogP contribution >= 0.6 is 0 Å². The minimum atomic E-state index is -0.322. The van der Waals surface area contributed by atoms with Crippen LogP contribution in [0.4, 0.5) is 0 Å². The summed E-state index contributed by atoms with van der Waals surface area (Å²) in [5.74, 6) is 1.57. The van der Waals surface area contributed by atoms with Crippen LogP contribution in [0.25, 0.3) is 23.2 Å². The van der Waals surface area contributed by atoms with Gasteiger partial charge < -0.3 is 18.9 Å². The summed E-state index contributed by atoms with van der Waals surface area (Å²) in [6.45, 7) is 0. The Labute approximate surface area is 178 Å². The van der Waals surface area contributed by atoms with Gasteiger partial charge in [-0.15, -0.1) is 0 Å². The molecule has 0 aliphatic rings. The molecule has 0 spiro atoms. The van der Waals surface area contributed by atoms with Crippen molar-refractivity contribution < 1.29 is 18.7 Å². The van der Waals surface area contributed by atoms with E-state index in [1.807, 2.05) is 6.07 Å². The maximum atomic E-state index is 12.7. The molecule has 0 bridgehead atoms. The fourth-order valence-corrected chi connectivity index (χ4v) is 3.18. The van der Waals surface area contributed by atoms with Crippen molar-refractivity contribution in [2.24, 2.45) is 0 Å². The van der Waals surface area contributed by atoms with Crippen LogP contribution in [0.5, 0.6) is 11.5 Å². The van der Waals surface area contributed by atoms with Crippen molar-refractivity contribution >= 4 is 11.9 Å². The number of carbonyl (C=O) groups excluding carboxylic acids is 1. The van der Waals surface area contributed by atoms with Crippen molar-refractivity contribution in [3.05, 3.63) is 94.7 Å². The van der Waals surface area contributed by atoms with Gasteiger partial charge in [0.15, 0.2) is 23.0 Å². The molecule has 0 saturated carbocycles. The second kappa shape index (κ2) is 8.62. The van der Waals surface area contributed by atoms with Gasteiger partial charge in [0.05, 0.1) is 26.2 Å². The fourth-order valence-electron chi connectivity index (χ4n) is 3.18. The highest BCUT2D eigenvalue weighted by molar-refractivity contribution is 6.07. The lowest BCUT2D eigenvalue weighted by atomic mass is 10.1. The van der Waals surface area contributed by atoms with Crippen LogP contribution in [0, 0.1) is 0 Å². The van der Waals surface area contributed by atoms with Crippen molar-refractivity contribution in [2.75, 3.05) is 14.2 Å². The van der Waals surface area contributed by atoms with E-state index in [1.54, 1.807) is 75.0 Å². The van der Waals surface area contributed by atoms with Gasteiger partial charge >= 0.3 is 5.69 Å². The first-order chi connectivity index (χ1) is 15.1. The Kier molecular flexibility index (Phi) is 5.57. The summed E-state index contributed by atoms with van der Waals surface area (Å²) in [6, 6.07) is 15.8. The third kappa shape index (κ3) is 4.20. The molecule has 156 valence electrons. The van der Waals surface area contributed by atoms with Crippen molar-refractivity contribution in [3.8, 4) is 28.6 Å². The van der Waals surface area contributed by atoms with E-state index in [0.29, 0.717) is 34.2 Å². The lowest BCUT2D eigenvalue weighted by molar-refractivity contribution is 0.104. The van der Waals surface area contributed by atoms with Crippen LogP contribution in [-0.4, -0.2) is 29.6 Å². The molecule has 0 amide bonds. The maximum absolute atomic E-state index is 12.7. The average Bonchev–Trinajstić information content (AvgIpc) is 3.47. The van der Waals surface area contributed by atoms with Crippen LogP contribution in [0.3, 0.4) is 0 Å². The van der Waals surface area contributed by atoms with E-state index in [1.165, 1.54) is 16.9 Å². The van der Waals surface area contributed by atoms with E-state index in [4.69, 9.17) is 13.9 Å². The third-order valence-electron chi connectivity index (χ3n) is 4.75.